The van der Waals surface area contributed by atoms with Crippen molar-refractivity contribution < 1.29 is 19.8 Å². The van der Waals surface area contributed by atoms with Gasteiger partial charge in [-0.25, -0.2) is 0 Å². The molecule has 2 rings (SSSR count). The second-order valence-electron chi connectivity index (χ2n) is 2.35. The molecule has 0 atom stereocenters. The first kappa shape index (κ1) is 16.2. The fourth-order valence-electron chi connectivity index (χ4n) is 1.13. The normalized spacial score (nSPS) is 7.69. The van der Waals surface area contributed by atoms with E-state index in [-0.39, 0.29) is 67.7 Å². The zero-order valence-electron chi connectivity index (χ0n) is 6.79. The van der Waals surface area contributed by atoms with E-state index in [0.717, 1.165) is 0 Å². The van der Waals surface area contributed by atoms with Crippen molar-refractivity contribution >= 4 is 58.7 Å². The summed E-state index contributed by atoms with van der Waals surface area (Å²) in [5.41, 5.74) is 0. The Morgan fingerprint density at radius 2 is 0.769 bits per heavy atom. The van der Waals surface area contributed by atoms with Crippen LogP contribution in [0.25, 0.3) is 10.8 Å². The second-order valence-corrected chi connectivity index (χ2v) is 2.35. The maximum Gasteiger partial charge on any atom is 0 e. The molecule has 0 aliphatic rings. The first-order valence-electron chi connectivity index (χ1n) is 3.40. The predicted octanol–water partition coefficient (Wildman–Crippen LogP) is 4.07. The smallest absolute Gasteiger partial charge is 0 e. The number of benzene rings is 2. The molecule has 0 saturated carbocycles. The molecule has 0 aromatic heterocycles. The first-order valence-corrected chi connectivity index (χ1v) is 3.40. The van der Waals surface area contributed by atoms with E-state index in [2.05, 4.69) is 48.5 Å². The maximum atomic E-state index is 2.12. The minimum atomic E-state index is 0. The van der Waals surface area contributed by atoms with E-state index in [4.69, 9.17) is 0 Å². The monoisotopic (exact) mass is 576 g/mol. The third-order valence-corrected chi connectivity index (χ3v) is 1.66. The van der Waals surface area contributed by atoms with Gasteiger partial charge < -0.3 is 0 Å². The first-order chi connectivity index (χ1) is 4.97. The Balaban J connectivity index is 0. The standard InChI is InChI=1S/C10H8.2HI.Os/c1-2-6-10-8-4-3-7-9(10)5-1;;;/h1-8H;2*1H;. The Labute approximate surface area is 126 Å². The van der Waals surface area contributed by atoms with Gasteiger partial charge in [0.2, 0.25) is 0 Å². The second kappa shape index (κ2) is 8.13. The van der Waals surface area contributed by atoms with Crippen molar-refractivity contribution in [3.8, 4) is 0 Å². The number of rotatable bonds is 0. The average Bonchev–Trinajstić information content (AvgIpc) is 2.05. The third kappa shape index (κ3) is 4.22. The van der Waals surface area contributed by atoms with Crippen LogP contribution >= 0.6 is 48.0 Å². The molecule has 0 bridgehead atoms. The molecule has 0 N–H and O–H groups in total. The van der Waals surface area contributed by atoms with E-state index in [0.29, 0.717) is 0 Å². The number of halogens is 2. The van der Waals surface area contributed by atoms with Crippen molar-refractivity contribution in [3.63, 3.8) is 0 Å². The molecule has 0 aliphatic carbocycles. The Hall–Kier alpha value is 0.796. The summed E-state index contributed by atoms with van der Waals surface area (Å²) in [6.07, 6.45) is 0. The van der Waals surface area contributed by atoms with E-state index in [1.165, 1.54) is 10.8 Å². The summed E-state index contributed by atoms with van der Waals surface area (Å²) in [4.78, 5) is 0. The molecular weight excluding hydrogens is 564 g/mol. The van der Waals surface area contributed by atoms with Gasteiger partial charge in [0, 0.05) is 19.8 Å². The molecular formula is C10H10I2Os. The van der Waals surface area contributed by atoms with Crippen LogP contribution in [0, 0.1) is 0 Å². The van der Waals surface area contributed by atoms with Gasteiger partial charge in [0.05, 0.1) is 0 Å². The maximum absolute atomic E-state index is 2.12. The summed E-state index contributed by atoms with van der Waals surface area (Å²) in [5.74, 6) is 0. The molecule has 0 radical (unpaired) electrons. The molecule has 3 heteroatoms. The van der Waals surface area contributed by atoms with Crippen LogP contribution in [0.15, 0.2) is 48.5 Å². The molecule has 0 fully saturated rings. The molecule has 0 spiro atoms. The van der Waals surface area contributed by atoms with E-state index in [1.54, 1.807) is 0 Å². The average molecular weight is 574 g/mol. The SMILES string of the molecule is I.I.[Os].c1ccc2ccccc2c1. The molecule has 0 aliphatic heterocycles. The van der Waals surface area contributed by atoms with Crippen molar-refractivity contribution in [1.82, 2.24) is 0 Å². The molecule has 0 amide bonds. The summed E-state index contributed by atoms with van der Waals surface area (Å²) in [5, 5.41) is 2.62. The van der Waals surface area contributed by atoms with E-state index in [1.807, 2.05) is 0 Å². The van der Waals surface area contributed by atoms with Crippen LogP contribution in [-0.2, 0) is 19.8 Å². The van der Waals surface area contributed by atoms with Gasteiger partial charge in [-0.2, -0.15) is 0 Å². The van der Waals surface area contributed by atoms with Crippen LogP contribution in [0.3, 0.4) is 0 Å². The quantitative estimate of drug-likeness (QED) is 0.417. The van der Waals surface area contributed by atoms with Gasteiger partial charge in [-0.3, -0.25) is 0 Å². The van der Waals surface area contributed by atoms with E-state index >= 15 is 0 Å². The van der Waals surface area contributed by atoms with Gasteiger partial charge in [0.15, 0.2) is 0 Å². The number of fused-ring (bicyclic) bond motifs is 1. The summed E-state index contributed by atoms with van der Waals surface area (Å²) in [6, 6.07) is 16.7. The zero-order chi connectivity index (χ0) is 6.81. The van der Waals surface area contributed by atoms with E-state index < -0.39 is 0 Å². The van der Waals surface area contributed by atoms with E-state index in [9.17, 15) is 0 Å². The zero-order valence-corrected chi connectivity index (χ0v) is 14.0. The van der Waals surface area contributed by atoms with Gasteiger partial charge in [-0.1, -0.05) is 48.5 Å². The van der Waals surface area contributed by atoms with Crippen LogP contribution in [0.5, 0.6) is 0 Å². The van der Waals surface area contributed by atoms with Crippen molar-refractivity contribution in [1.29, 1.82) is 0 Å². The van der Waals surface area contributed by atoms with Gasteiger partial charge in [-0.05, 0) is 10.8 Å². The largest absolute Gasteiger partial charge is 0.107 e. The van der Waals surface area contributed by atoms with Gasteiger partial charge >= 0.3 is 0 Å². The predicted molar refractivity (Wildman–Crippen MR) is 74.8 cm³/mol. The van der Waals surface area contributed by atoms with Crippen LogP contribution < -0.4 is 0 Å². The topological polar surface area (TPSA) is 0 Å². The Kier molecular flexibility index (Phi) is 10.2. The Morgan fingerprint density at radius 1 is 0.538 bits per heavy atom. The molecule has 13 heavy (non-hydrogen) atoms. The molecule has 0 unspecified atom stereocenters. The molecule has 2 aromatic rings. The third-order valence-electron chi connectivity index (χ3n) is 1.66. The van der Waals surface area contributed by atoms with Crippen LogP contribution in [0.2, 0.25) is 0 Å². The van der Waals surface area contributed by atoms with Gasteiger partial charge in [0.25, 0.3) is 0 Å². The van der Waals surface area contributed by atoms with Crippen molar-refractivity contribution in [2.24, 2.45) is 0 Å². The van der Waals surface area contributed by atoms with Gasteiger partial charge in [-0.15, -0.1) is 48.0 Å². The molecule has 72 valence electrons. The Morgan fingerprint density at radius 3 is 1.00 bits per heavy atom. The molecule has 0 heterocycles. The summed E-state index contributed by atoms with van der Waals surface area (Å²) in [7, 11) is 0. The molecule has 2 aromatic carbocycles. The van der Waals surface area contributed by atoms with Crippen molar-refractivity contribution in [2.45, 2.75) is 0 Å². The fourth-order valence-corrected chi connectivity index (χ4v) is 1.13. The fraction of sp³-hybridized carbons (Fsp3) is 0. The Bertz CT molecular complexity index is 284. The van der Waals surface area contributed by atoms with Gasteiger partial charge in [0.1, 0.15) is 0 Å². The number of hydrogen-bond acceptors (Lipinski definition) is 0. The summed E-state index contributed by atoms with van der Waals surface area (Å²) in [6.45, 7) is 0. The minimum Gasteiger partial charge on any atom is -0.107 e. The van der Waals surface area contributed by atoms with Crippen molar-refractivity contribution in [3.05, 3.63) is 48.5 Å². The molecule has 0 nitrogen and oxygen atoms in total. The van der Waals surface area contributed by atoms with Crippen LogP contribution in [-0.4, -0.2) is 0 Å². The van der Waals surface area contributed by atoms with Crippen LogP contribution in [0.4, 0.5) is 0 Å². The minimum absolute atomic E-state index is 0. The van der Waals surface area contributed by atoms with Crippen LogP contribution in [0.1, 0.15) is 0 Å². The summed E-state index contributed by atoms with van der Waals surface area (Å²) >= 11 is 0. The number of hydrogen-bond donors (Lipinski definition) is 0. The summed E-state index contributed by atoms with van der Waals surface area (Å²) < 4.78 is 0. The van der Waals surface area contributed by atoms with Crippen molar-refractivity contribution in [2.75, 3.05) is 0 Å². The molecule has 0 saturated heterocycles.